The van der Waals surface area contributed by atoms with Crippen molar-refractivity contribution in [2.45, 2.75) is 13.5 Å². The molecule has 0 saturated heterocycles. The number of nitrogens with one attached hydrogen (secondary N) is 1. The van der Waals surface area contributed by atoms with Crippen LogP contribution in [0.25, 0.3) is 10.9 Å². The van der Waals surface area contributed by atoms with Crippen LogP contribution in [0, 0.1) is 10.6 Å². The van der Waals surface area contributed by atoms with Crippen LogP contribution < -0.4 is 5.56 Å². The molecule has 0 aliphatic heterocycles. The van der Waals surface area contributed by atoms with Gasteiger partial charge >= 0.3 is 0 Å². The molecule has 134 valence electrons. The molecule has 0 radical (unpaired) electrons. The number of carbonyl (C=O) groups is 1. The van der Waals surface area contributed by atoms with E-state index in [2.05, 4.69) is 4.98 Å². The van der Waals surface area contributed by atoms with Crippen molar-refractivity contribution in [3.05, 3.63) is 74.5 Å². The van der Waals surface area contributed by atoms with Gasteiger partial charge in [0.2, 0.25) is 0 Å². The molecule has 2 aromatic carbocycles. The van der Waals surface area contributed by atoms with Crippen molar-refractivity contribution in [1.82, 2.24) is 14.5 Å². The predicted molar refractivity (Wildman–Crippen MR) is 101 cm³/mol. The third kappa shape index (κ3) is 3.43. The van der Waals surface area contributed by atoms with Gasteiger partial charge in [0, 0.05) is 25.7 Å². The third-order valence-electron chi connectivity index (χ3n) is 4.28. The van der Waals surface area contributed by atoms with E-state index in [9.17, 15) is 14.0 Å². The van der Waals surface area contributed by atoms with Crippen molar-refractivity contribution in [3.8, 4) is 0 Å². The molecule has 0 fully saturated rings. The minimum Gasteiger partial charge on any atom is -0.335 e. The molecule has 0 atom stereocenters. The number of hydrogen-bond donors (Lipinski definition) is 1. The van der Waals surface area contributed by atoms with E-state index in [1.165, 1.54) is 16.7 Å². The molecule has 26 heavy (non-hydrogen) atoms. The van der Waals surface area contributed by atoms with Crippen molar-refractivity contribution in [2.75, 3.05) is 6.54 Å². The highest BCUT2D eigenvalue weighted by atomic mass is 32.1. The number of H-pyrrole nitrogens is 1. The summed E-state index contributed by atoms with van der Waals surface area (Å²) < 4.78 is 15.0. The maximum atomic E-state index is 13.4. The summed E-state index contributed by atoms with van der Waals surface area (Å²) in [6.45, 7) is 2.64. The van der Waals surface area contributed by atoms with Crippen LogP contribution in [0.4, 0.5) is 4.39 Å². The largest absolute Gasteiger partial charge is 0.335 e. The first-order valence-electron chi connectivity index (χ1n) is 8.17. The average Bonchev–Trinajstić information content (AvgIpc) is 2.63. The Kier molecular flexibility index (Phi) is 4.99. The van der Waals surface area contributed by atoms with Gasteiger partial charge in [0.15, 0.2) is 4.77 Å². The van der Waals surface area contributed by atoms with Gasteiger partial charge in [-0.15, -0.1) is 0 Å². The van der Waals surface area contributed by atoms with Crippen LogP contribution in [0.3, 0.4) is 0 Å². The van der Waals surface area contributed by atoms with Crippen LogP contribution >= 0.6 is 12.2 Å². The highest BCUT2D eigenvalue weighted by molar-refractivity contribution is 7.71. The van der Waals surface area contributed by atoms with Crippen molar-refractivity contribution < 1.29 is 9.18 Å². The number of benzene rings is 2. The van der Waals surface area contributed by atoms with Crippen molar-refractivity contribution in [2.24, 2.45) is 7.05 Å². The SMILES string of the molecule is CCN(Cc1cccc(F)c1)C(=O)c1ccc2c(=O)n(C)c(=S)[nH]c2c1. The summed E-state index contributed by atoms with van der Waals surface area (Å²) >= 11 is 5.13. The molecule has 5 nitrogen and oxygen atoms in total. The number of fused-ring (bicyclic) bond motifs is 1. The van der Waals surface area contributed by atoms with Crippen LogP contribution in [-0.4, -0.2) is 26.9 Å². The summed E-state index contributed by atoms with van der Waals surface area (Å²) in [4.78, 5) is 29.7. The Labute approximate surface area is 154 Å². The molecule has 3 rings (SSSR count). The van der Waals surface area contributed by atoms with Gasteiger partial charge in [0.25, 0.3) is 11.5 Å². The molecule has 0 aliphatic rings. The summed E-state index contributed by atoms with van der Waals surface area (Å²) in [5.41, 5.74) is 1.46. The molecule has 0 unspecified atom stereocenters. The molecular formula is C19H18FN3O2S. The molecule has 0 spiro atoms. The number of aromatic amines is 1. The number of hydrogen-bond acceptors (Lipinski definition) is 3. The van der Waals surface area contributed by atoms with Crippen LogP contribution in [0.1, 0.15) is 22.8 Å². The lowest BCUT2D eigenvalue weighted by molar-refractivity contribution is 0.0752. The fourth-order valence-electron chi connectivity index (χ4n) is 2.80. The number of rotatable bonds is 4. The lowest BCUT2D eigenvalue weighted by Crippen LogP contribution is -2.30. The Morgan fingerprint density at radius 3 is 2.73 bits per heavy atom. The van der Waals surface area contributed by atoms with Gasteiger partial charge in [-0.1, -0.05) is 12.1 Å². The lowest BCUT2D eigenvalue weighted by Gasteiger charge is -2.21. The second-order valence-electron chi connectivity index (χ2n) is 6.00. The van der Waals surface area contributed by atoms with E-state index in [0.29, 0.717) is 39.9 Å². The van der Waals surface area contributed by atoms with E-state index in [1.807, 2.05) is 6.92 Å². The number of aromatic nitrogens is 2. The normalized spacial score (nSPS) is 10.9. The van der Waals surface area contributed by atoms with Gasteiger partial charge in [0.05, 0.1) is 10.9 Å². The third-order valence-corrected chi connectivity index (χ3v) is 4.66. The fraction of sp³-hybridized carbons (Fsp3) is 0.211. The van der Waals surface area contributed by atoms with Gasteiger partial charge in [-0.2, -0.15) is 0 Å². The van der Waals surface area contributed by atoms with E-state index in [0.717, 1.165) is 0 Å². The summed E-state index contributed by atoms with van der Waals surface area (Å²) in [6, 6.07) is 11.0. The highest BCUT2D eigenvalue weighted by Crippen LogP contribution is 2.15. The monoisotopic (exact) mass is 371 g/mol. The average molecular weight is 371 g/mol. The maximum Gasteiger partial charge on any atom is 0.261 e. The minimum absolute atomic E-state index is 0.196. The number of nitrogens with zero attached hydrogens (tertiary/aromatic N) is 2. The van der Waals surface area contributed by atoms with Crippen LogP contribution in [-0.2, 0) is 13.6 Å². The zero-order chi connectivity index (χ0) is 18.8. The van der Waals surface area contributed by atoms with E-state index < -0.39 is 0 Å². The highest BCUT2D eigenvalue weighted by Gasteiger charge is 2.16. The second kappa shape index (κ2) is 7.21. The van der Waals surface area contributed by atoms with Gasteiger partial charge in [-0.3, -0.25) is 14.2 Å². The molecule has 0 aliphatic carbocycles. The smallest absolute Gasteiger partial charge is 0.261 e. The Hall–Kier alpha value is -2.80. The van der Waals surface area contributed by atoms with Gasteiger partial charge in [-0.05, 0) is 55.0 Å². The molecule has 1 N–H and O–H groups in total. The van der Waals surface area contributed by atoms with Crippen molar-refractivity contribution in [3.63, 3.8) is 0 Å². The zero-order valence-electron chi connectivity index (χ0n) is 14.5. The van der Waals surface area contributed by atoms with Crippen LogP contribution in [0.5, 0.6) is 0 Å². The maximum absolute atomic E-state index is 13.4. The summed E-state index contributed by atoms with van der Waals surface area (Å²) in [5.74, 6) is -0.529. The molecule has 3 aromatic rings. The van der Waals surface area contributed by atoms with E-state index >= 15 is 0 Å². The molecule has 1 amide bonds. The van der Waals surface area contributed by atoms with E-state index in [1.54, 1.807) is 42.3 Å². The van der Waals surface area contributed by atoms with Crippen LogP contribution in [0.15, 0.2) is 47.3 Å². The summed E-state index contributed by atoms with van der Waals surface area (Å²) in [7, 11) is 1.59. The molecule has 0 bridgehead atoms. The molecular weight excluding hydrogens is 353 g/mol. The molecule has 1 aromatic heterocycles. The Bertz CT molecular complexity index is 1100. The van der Waals surface area contributed by atoms with Gasteiger partial charge < -0.3 is 9.88 Å². The van der Waals surface area contributed by atoms with Crippen LogP contribution in [0.2, 0.25) is 0 Å². The summed E-state index contributed by atoms with van der Waals surface area (Å²) in [6.07, 6.45) is 0. The predicted octanol–water partition coefficient (Wildman–Crippen LogP) is 3.40. The zero-order valence-corrected chi connectivity index (χ0v) is 15.3. The Morgan fingerprint density at radius 1 is 1.27 bits per heavy atom. The van der Waals surface area contributed by atoms with Gasteiger partial charge in [-0.25, -0.2) is 4.39 Å². The minimum atomic E-state index is -0.333. The van der Waals surface area contributed by atoms with Crippen molar-refractivity contribution >= 4 is 29.0 Å². The number of halogens is 1. The Morgan fingerprint density at radius 2 is 2.04 bits per heavy atom. The summed E-state index contributed by atoms with van der Waals surface area (Å²) in [5, 5.41) is 0.464. The first-order valence-corrected chi connectivity index (χ1v) is 8.58. The quantitative estimate of drug-likeness (QED) is 0.715. The first-order chi connectivity index (χ1) is 12.4. The fourth-order valence-corrected chi connectivity index (χ4v) is 3.00. The Balaban J connectivity index is 1.96. The lowest BCUT2D eigenvalue weighted by atomic mass is 10.1. The second-order valence-corrected chi connectivity index (χ2v) is 6.39. The molecule has 1 heterocycles. The topological polar surface area (TPSA) is 58.1 Å². The van der Waals surface area contributed by atoms with Gasteiger partial charge in [0.1, 0.15) is 5.82 Å². The van der Waals surface area contributed by atoms with E-state index in [4.69, 9.17) is 12.2 Å². The molecule has 7 heteroatoms. The standard InChI is InChI=1S/C19H18FN3O2S/c1-3-23(11-12-5-4-6-14(20)9-12)17(24)13-7-8-15-16(10-13)21-19(26)22(2)18(15)25/h4-10H,3,11H2,1-2H3,(H,21,26). The van der Waals surface area contributed by atoms with E-state index in [-0.39, 0.29) is 17.3 Å². The first kappa shape index (κ1) is 18.0. The molecule has 0 saturated carbocycles. The number of carbonyl (C=O) groups excluding carboxylic acids is 1. The van der Waals surface area contributed by atoms with Crippen molar-refractivity contribution in [1.29, 1.82) is 0 Å². The number of amides is 1.